The van der Waals surface area contributed by atoms with E-state index in [4.69, 9.17) is 0 Å². The summed E-state index contributed by atoms with van der Waals surface area (Å²) in [6.07, 6.45) is 1.76. The maximum atomic E-state index is 4.28. The van der Waals surface area contributed by atoms with Crippen molar-refractivity contribution in [2.24, 2.45) is 0 Å². The van der Waals surface area contributed by atoms with Gasteiger partial charge in [0.1, 0.15) is 5.69 Å². The van der Waals surface area contributed by atoms with Gasteiger partial charge in [-0.1, -0.05) is 6.07 Å². The second-order valence-corrected chi connectivity index (χ2v) is 3.34. The molecule has 0 aromatic carbocycles. The molecule has 0 bridgehead atoms. The zero-order valence-corrected chi connectivity index (χ0v) is 9.51. The van der Waals surface area contributed by atoms with E-state index in [9.17, 15) is 0 Å². The molecule has 0 atom stereocenters. The molecule has 0 spiro atoms. The van der Waals surface area contributed by atoms with Crippen LogP contribution in [-0.2, 0) is 6.54 Å². The van der Waals surface area contributed by atoms with Crippen LogP contribution in [0, 0.1) is 0 Å². The molecule has 0 radical (unpaired) electrons. The Hall–Kier alpha value is -1.91. The summed E-state index contributed by atoms with van der Waals surface area (Å²) >= 11 is 0. The Morgan fingerprint density at radius 1 is 1.25 bits per heavy atom. The van der Waals surface area contributed by atoms with Crippen molar-refractivity contribution in [3.05, 3.63) is 24.4 Å². The summed E-state index contributed by atoms with van der Waals surface area (Å²) in [6.45, 7) is 5.76. The first kappa shape index (κ1) is 10.6. The summed E-state index contributed by atoms with van der Waals surface area (Å²) in [5, 5.41) is 11.5. The Morgan fingerprint density at radius 3 is 2.75 bits per heavy atom. The number of hydrogen-bond acceptors (Lipinski definition) is 4. The van der Waals surface area contributed by atoms with Crippen molar-refractivity contribution in [3.63, 3.8) is 0 Å². The predicted octanol–water partition coefficient (Wildman–Crippen LogP) is 1.79. The number of nitrogens with zero attached hydrogens (tertiary/aromatic N) is 4. The van der Waals surface area contributed by atoms with Crippen molar-refractivity contribution in [1.82, 2.24) is 19.7 Å². The zero-order valence-electron chi connectivity index (χ0n) is 9.51. The van der Waals surface area contributed by atoms with Gasteiger partial charge in [0.05, 0.1) is 0 Å². The lowest BCUT2D eigenvalue weighted by Gasteiger charge is -2.06. The van der Waals surface area contributed by atoms with Gasteiger partial charge in [-0.25, -0.2) is 0 Å². The molecule has 2 heterocycles. The first-order valence-electron chi connectivity index (χ1n) is 5.45. The van der Waals surface area contributed by atoms with Gasteiger partial charge in [-0.2, -0.15) is 0 Å². The van der Waals surface area contributed by atoms with Crippen LogP contribution in [-0.4, -0.2) is 26.3 Å². The van der Waals surface area contributed by atoms with E-state index in [0.29, 0.717) is 0 Å². The molecule has 0 aliphatic rings. The van der Waals surface area contributed by atoms with Gasteiger partial charge in [-0.3, -0.25) is 9.55 Å². The van der Waals surface area contributed by atoms with Crippen molar-refractivity contribution in [2.45, 2.75) is 20.4 Å². The van der Waals surface area contributed by atoms with Gasteiger partial charge in [0.25, 0.3) is 0 Å². The van der Waals surface area contributed by atoms with Crippen molar-refractivity contribution in [2.75, 3.05) is 11.9 Å². The smallest absolute Gasteiger partial charge is 0.224 e. The maximum Gasteiger partial charge on any atom is 0.224 e. The lowest BCUT2D eigenvalue weighted by Crippen LogP contribution is -2.07. The van der Waals surface area contributed by atoms with Crippen LogP contribution in [0.15, 0.2) is 24.4 Å². The molecule has 5 heteroatoms. The minimum absolute atomic E-state index is 0.797. The van der Waals surface area contributed by atoms with Crippen LogP contribution < -0.4 is 5.32 Å². The van der Waals surface area contributed by atoms with Gasteiger partial charge in [-0.05, 0) is 26.0 Å². The molecule has 2 aromatic rings. The summed E-state index contributed by atoms with van der Waals surface area (Å²) in [4.78, 5) is 4.28. The highest BCUT2D eigenvalue weighted by molar-refractivity contribution is 5.51. The van der Waals surface area contributed by atoms with E-state index < -0.39 is 0 Å². The first-order valence-corrected chi connectivity index (χ1v) is 5.45. The zero-order chi connectivity index (χ0) is 11.4. The van der Waals surface area contributed by atoms with E-state index in [0.717, 1.165) is 30.6 Å². The fraction of sp³-hybridized carbons (Fsp3) is 0.364. The van der Waals surface area contributed by atoms with Crippen LogP contribution in [0.1, 0.15) is 13.8 Å². The van der Waals surface area contributed by atoms with Crippen LogP contribution in [0.25, 0.3) is 11.5 Å². The topological polar surface area (TPSA) is 55.6 Å². The molecule has 2 aromatic heterocycles. The number of anilines is 1. The highest BCUT2D eigenvalue weighted by atomic mass is 15.4. The van der Waals surface area contributed by atoms with E-state index in [-0.39, 0.29) is 0 Å². The molecule has 0 aliphatic carbocycles. The van der Waals surface area contributed by atoms with Crippen LogP contribution >= 0.6 is 0 Å². The Balaban J connectivity index is 2.42. The van der Waals surface area contributed by atoms with Crippen LogP contribution in [0.4, 0.5) is 5.95 Å². The normalized spacial score (nSPS) is 10.4. The van der Waals surface area contributed by atoms with Crippen molar-refractivity contribution in [1.29, 1.82) is 0 Å². The molecule has 0 saturated carbocycles. The van der Waals surface area contributed by atoms with E-state index >= 15 is 0 Å². The van der Waals surface area contributed by atoms with Gasteiger partial charge in [-0.15, -0.1) is 10.2 Å². The number of hydrogen-bond donors (Lipinski definition) is 1. The number of pyridine rings is 1. The molecule has 84 valence electrons. The average molecular weight is 217 g/mol. The highest BCUT2D eigenvalue weighted by Gasteiger charge is 2.11. The summed E-state index contributed by atoms with van der Waals surface area (Å²) in [5.74, 6) is 1.60. The Labute approximate surface area is 94.5 Å². The van der Waals surface area contributed by atoms with Crippen molar-refractivity contribution in [3.8, 4) is 11.5 Å². The van der Waals surface area contributed by atoms with Gasteiger partial charge in [0, 0.05) is 19.3 Å². The van der Waals surface area contributed by atoms with Gasteiger partial charge < -0.3 is 5.32 Å². The summed E-state index contributed by atoms with van der Waals surface area (Å²) in [6, 6.07) is 5.77. The third-order valence-electron chi connectivity index (χ3n) is 2.30. The van der Waals surface area contributed by atoms with E-state index in [2.05, 4.69) is 27.4 Å². The minimum Gasteiger partial charge on any atom is -0.355 e. The number of nitrogens with one attached hydrogen (secondary N) is 1. The highest BCUT2D eigenvalue weighted by Crippen LogP contribution is 2.17. The SMILES string of the molecule is CCNc1nnc(-c2ccccn2)n1CC. The average Bonchev–Trinajstić information content (AvgIpc) is 2.73. The van der Waals surface area contributed by atoms with Gasteiger partial charge in [0.2, 0.25) is 5.95 Å². The molecule has 2 rings (SSSR count). The van der Waals surface area contributed by atoms with Crippen molar-refractivity contribution >= 4 is 5.95 Å². The summed E-state index contributed by atoms with van der Waals surface area (Å²) < 4.78 is 2.02. The van der Waals surface area contributed by atoms with E-state index in [1.54, 1.807) is 6.20 Å². The fourth-order valence-electron chi connectivity index (χ4n) is 1.58. The van der Waals surface area contributed by atoms with Gasteiger partial charge in [0.15, 0.2) is 5.82 Å². The lowest BCUT2D eigenvalue weighted by atomic mass is 10.3. The largest absolute Gasteiger partial charge is 0.355 e. The van der Waals surface area contributed by atoms with Crippen LogP contribution in [0.5, 0.6) is 0 Å². The summed E-state index contributed by atoms with van der Waals surface area (Å²) in [5.41, 5.74) is 0.848. The molecule has 0 unspecified atom stereocenters. The second kappa shape index (κ2) is 4.74. The Morgan fingerprint density at radius 2 is 2.12 bits per heavy atom. The molecule has 16 heavy (non-hydrogen) atoms. The predicted molar refractivity (Wildman–Crippen MR) is 63.1 cm³/mol. The summed E-state index contributed by atoms with van der Waals surface area (Å²) in [7, 11) is 0. The Kier molecular flexibility index (Phi) is 3.14. The lowest BCUT2D eigenvalue weighted by molar-refractivity contribution is 0.768. The standard InChI is InChI=1S/C11H15N5/c1-3-12-11-15-14-10(16(11)4-2)9-7-5-6-8-13-9/h5-8H,3-4H2,1-2H3,(H,12,15). The molecule has 5 nitrogen and oxygen atoms in total. The maximum absolute atomic E-state index is 4.28. The quantitative estimate of drug-likeness (QED) is 0.848. The molecule has 1 N–H and O–H groups in total. The second-order valence-electron chi connectivity index (χ2n) is 3.34. The molecular weight excluding hydrogens is 202 g/mol. The third kappa shape index (κ3) is 1.88. The molecule has 0 saturated heterocycles. The first-order chi connectivity index (χ1) is 7.86. The molecule has 0 amide bonds. The van der Waals surface area contributed by atoms with E-state index in [1.807, 2.05) is 29.7 Å². The number of aromatic nitrogens is 4. The third-order valence-corrected chi connectivity index (χ3v) is 2.30. The van der Waals surface area contributed by atoms with Crippen LogP contribution in [0.2, 0.25) is 0 Å². The monoisotopic (exact) mass is 217 g/mol. The molecule has 0 fully saturated rings. The molecular formula is C11H15N5. The minimum atomic E-state index is 0.797. The van der Waals surface area contributed by atoms with Gasteiger partial charge >= 0.3 is 0 Å². The molecule has 0 aliphatic heterocycles. The van der Waals surface area contributed by atoms with Crippen LogP contribution in [0.3, 0.4) is 0 Å². The Bertz CT molecular complexity index is 449. The number of rotatable bonds is 4. The fourth-order valence-corrected chi connectivity index (χ4v) is 1.58. The van der Waals surface area contributed by atoms with Crippen molar-refractivity contribution < 1.29 is 0 Å². The van der Waals surface area contributed by atoms with E-state index in [1.165, 1.54) is 0 Å².